The van der Waals surface area contributed by atoms with Crippen molar-refractivity contribution in [3.05, 3.63) is 64.0 Å². The van der Waals surface area contributed by atoms with Gasteiger partial charge >= 0.3 is 17.9 Å². The first-order chi connectivity index (χ1) is 20.7. The van der Waals surface area contributed by atoms with Gasteiger partial charge in [0.05, 0.1) is 34.9 Å². The van der Waals surface area contributed by atoms with Gasteiger partial charge < -0.3 is 34.6 Å². The lowest BCUT2D eigenvalue weighted by molar-refractivity contribution is -0.384. The summed E-state index contributed by atoms with van der Waals surface area (Å²) in [5.74, 6) is -3.24. The van der Waals surface area contributed by atoms with E-state index in [1.165, 1.54) is 0 Å². The Hall–Kier alpha value is -4.56. The van der Waals surface area contributed by atoms with Crippen LogP contribution < -0.4 is 4.74 Å². The number of non-ortho nitro benzene ring substituents is 1. The molecule has 3 rings (SSSR count). The topological polar surface area (TPSA) is 206 Å². The number of nitrogens with zero attached hydrogens (tertiary/aromatic N) is 4. The van der Waals surface area contributed by atoms with Crippen molar-refractivity contribution < 1.29 is 44.5 Å². The summed E-state index contributed by atoms with van der Waals surface area (Å²) in [6, 6.07) is 13.1. The number of hydrogen-bond acceptors (Lipinski definition) is 9. The normalized spacial score (nSPS) is 12.0. The molecule has 1 heterocycles. The van der Waals surface area contributed by atoms with Gasteiger partial charge in [0, 0.05) is 31.6 Å². The van der Waals surface area contributed by atoms with Crippen LogP contribution in [0.5, 0.6) is 5.75 Å². The van der Waals surface area contributed by atoms with Gasteiger partial charge in [-0.2, -0.15) is 0 Å². The third-order valence-corrected chi connectivity index (χ3v) is 7.04. The zero-order valence-corrected chi connectivity index (χ0v) is 25.3. The predicted octanol–water partition coefficient (Wildman–Crippen LogP) is 3.81. The minimum absolute atomic E-state index is 0.0685. The Morgan fingerprint density at radius 1 is 1.02 bits per heavy atom. The number of aliphatic hydroxyl groups is 1. The first-order valence-corrected chi connectivity index (χ1v) is 14.2. The van der Waals surface area contributed by atoms with Gasteiger partial charge in [-0.25, -0.2) is 9.78 Å². The van der Waals surface area contributed by atoms with E-state index >= 15 is 0 Å². The molecule has 0 radical (unpaired) electrons. The second-order valence-electron chi connectivity index (χ2n) is 10.3. The molecule has 1 aromatic heterocycles. The van der Waals surface area contributed by atoms with Crippen molar-refractivity contribution in [1.29, 1.82) is 0 Å². The molecule has 4 N–H and O–H groups in total. The molecular weight excluding hydrogens is 576 g/mol. The van der Waals surface area contributed by atoms with E-state index in [0.717, 1.165) is 55.3 Å². The molecule has 0 aliphatic heterocycles. The van der Waals surface area contributed by atoms with Gasteiger partial charge in [0.1, 0.15) is 11.6 Å². The van der Waals surface area contributed by atoms with Crippen LogP contribution in [0.15, 0.2) is 42.5 Å². The lowest BCUT2D eigenvalue weighted by atomic mass is 9.96. The van der Waals surface area contributed by atoms with Crippen LogP contribution >= 0.6 is 0 Å². The van der Waals surface area contributed by atoms with Crippen molar-refractivity contribution in [2.24, 2.45) is 0 Å². The van der Waals surface area contributed by atoms with Crippen LogP contribution in [0.2, 0.25) is 0 Å². The molecule has 0 saturated heterocycles. The summed E-state index contributed by atoms with van der Waals surface area (Å²) >= 11 is 0. The standard InChI is InChI=1S/C24H32N4O3.C6H8O7/c1-5-18(4)31-21-11-8-19(9-12-21)16-24-25-22-17-20(28(29)30)10-13-23(22)27(24)15-14-26(6-2)7-3;7-3(8)1-6(13,5(11)12)2-4(9)10/h8-13,17-18H,5-7,14-16H2,1-4H3;13H,1-2H2,(H,7,8)(H,9,10)(H,11,12). The van der Waals surface area contributed by atoms with Gasteiger partial charge in [-0.1, -0.05) is 32.9 Å². The predicted molar refractivity (Wildman–Crippen MR) is 161 cm³/mol. The summed E-state index contributed by atoms with van der Waals surface area (Å²) in [5.41, 5.74) is 0.0619. The summed E-state index contributed by atoms with van der Waals surface area (Å²) in [6.45, 7) is 12.1. The van der Waals surface area contributed by atoms with Crippen molar-refractivity contribution in [1.82, 2.24) is 14.5 Å². The average molecular weight is 617 g/mol. The molecule has 0 fully saturated rings. The molecule has 0 saturated carbocycles. The molecule has 0 bridgehead atoms. The highest BCUT2D eigenvalue weighted by Crippen LogP contribution is 2.24. The van der Waals surface area contributed by atoms with Gasteiger partial charge in [0.25, 0.3) is 5.69 Å². The number of hydrogen-bond donors (Lipinski definition) is 4. The first-order valence-electron chi connectivity index (χ1n) is 14.2. The number of likely N-dealkylation sites (N-methyl/N-ethyl adjacent to an activating group) is 1. The van der Waals surface area contributed by atoms with Crippen LogP contribution in [0.3, 0.4) is 0 Å². The van der Waals surface area contributed by atoms with Gasteiger partial charge in [-0.15, -0.1) is 0 Å². The molecule has 0 aliphatic rings. The van der Waals surface area contributed by atoms with Crippen molar-refractivity contribution in [3.8, 4) is 5.75 Å². The summed E-state index contributed by atoms with van der Waals surface area (Å²) in [5, 5.41) is 45.0. The molecule has 1 unspecified atom stereocenters. The highest BCUT2D eigenvalue weighted by molar-refractivity contribution is 5.88. The maximum absolute atomic E-state index is 11.2. The van der Waals surface area contributed by atoms with Crippen LogP contribution in [0.1, 0.15) is 58.3 Å². The van der Waals surface area contributed by atoms with E-state index in [0.29, 0.717) is 11.9 Å². The molecule has 14 nitrogen and oxygen atoms in total. The zero-order chi connectivity index (χ0) is 33.0. The minimum atomic E-state index is -2.74. The number of nitro benzene ring substituents is 1. The molecule has 0 spiro atoms. The third-order valence-electron chi connectivity index (χ3n) is 7.04. The van der Waals surface area contributed by atoms with Crippen molar-refractivity contribution in [3.63, 3.8) is 0 Å². The zero-order valence-electron chi connectivity index (χ0n) is 25.3. The number of aliphatic carboxylic acids is 3. The van der Waals surface area contributed by atoms with E-state index in [1.54, 1.807) is 12.1 Å². The fourth-order valence-corrected chi connectivity index (χ4v) is 4.35. The van der Waals surface area contributed by atoms with Crippen LogP contribution in [0.4, 0.5) is 5.69 Å². The Kier molecular flexibility index (Phi) is 13.2. The molecule has 44 heavy (non-hydrogen) atoms. The number of aromatic nitrogens is 2. The van der Waals surface area contributed by atoms with E-state index in [4.69, 9.17) is 30.1 Å². The third kappa shape index (κ3) is 10.3. The monoisotopic (exact) mass is 616 g/mol. The summed E-state index contributed by atoms with van der Waals surface area (Å²) in [7, 11) is 0. The van der Waals surface area contributed by atoms with E-state index in [9.17, 15) is 24.5 Å². The number of imidazole rings is 1. The molecule has 0 amide bonds. The SMILES string of the molecule is CCC(C)Oc1ccc(Cc2nc3cc([N+](=O)[O-])ccc3n2CCN(CC)CC)cc1.O=C(O)CC(O)(CC(=O)O)C(=O)O. The second kappa shape index (κ2) is 16.3. The highest BCUT2D eigenvalue weighted by atomic mass is 16.6. The number of nitro groups is 1. The Balaban J connectivity index is 0.000000439. The van der Waals surface area contributed by atoms with Crippen LogP contribution in [-0.2, 0) is 27.3 Å². The lowest BCUT2D eigenvalue weighted by Gasteiger charge is -2.19. The lowest BCUT2D eigenvalue weighted by Crippen LogP contribution is -2.42. The Morgan fingerprint density at radius 3 is 2.09 bits per heavy atom. The average Bonchev–Trinajstić information content (AvgIpc) is 3.29. The molecule has 0 aliphatic carbocycles. The number of rotatable bonds is 16. The summed E-state index contributed by atoms with van der Waals surface area (Å²) < 4.78 is 8.07. The minimum Gasteiger partial charge on any atom is -0.491 e. The molecule has 240 valence electrons. The van der Waals surface area contributed by atoms with Crippen LogP contribution in [0.25, 0.3) is 11.0 Å². The fraction of sp³-hybridized carbons (Fsp3) is 0.467. The van der Waals surface area contributed by atoms with Crippen LogP contribution in [0, 0.1) is 10.1 Å². The van der Waals surface area contributed by atoms with Gasteiger partial charge in [-0.3, -0.25) is 19.7 Å². The van der Waals surface area contributed by atoms with Crippen molar-refractivity contribution >= 4 is 34.6 Å². The molecular formula is C30H40N4O10. The fourth-order valence-electron chi connectivity index (χ4n) is 4.35. The Morgan fingerprint density at radius 2 is 1.61 bits per heavy atom. The molecule has 2 aromatic carbocycles. The van der Waals surface area contributed by atoms with Crippen LogP contribution in [-0.4, -0.2) is 89.0 Å². The second-order valence-corrected chi connectivity index (χ2v) is 10.3. The largest absolute Gasteiger partial charge is 0.491 e. The molecule has 3 aromatic rings. The number of fused-ring (bicyclic) bond motifs is 1. The van der Waals surface area contributed by atoms with E-state index < -0.39 is 36.4 Å². The Labute approximate surface area is 254 Å². The number of carboxylic acids is 3. The number of benzene rings is 2. The Bertz CT molecular complexity index is 1420. The number of carbonyl (C=O) groups is 3. The molecule has 1 atom stereocenters. The number of carboxylic acid groups (broad SMARTS) is 3. The van der Waals surface area contributed by atoms with E-state index in [2.05, 4.69) is 49.3 Å². The number of ether oxygens (including phenoxy) is 1. The van der Waals surface area contributed by atoms with Gasteiger partial charge in [0.15, 0.2) is 5.60 Å². The van der Waals surface area contributed by atoms with E-state index in [-0.39, 0.29) is 16.7 Å². The van der Waals surface area contributed by atoms with Gasteiger partial charge in [0.2, 0.25) is 0 Å². The summed E-state index contributed by atoms with van der Waals surface area (Å²) in [4.78, 5) is 48.5. The maximum Gasteiger partial charge on any atom is 0.336 e. The van der Waals surface area contributed by atoms with E-state index in [1.807, 2.05) is 18.2 Å². The first kappa shape index (κ1) is 35.6. The van der Waals surface area contributed by atoms with Gasteiger partial charge in [-0.05, 0) is 50.2 Å². The highest BCUT2D eigenvalue weighted by Gasteiger charge is 2.40. The quantitative estimate of drug-likeness (QED) is 0.134. The summed E-state index contributed by atoms with van der Waals surface area (Å²) in [6.07, 6.45) is -0.483. The van der Waals surface area contributed by atoms with Crippen molar-refractivity contribution in [2.75, 3.05) is 19.6 Å². The maximum atomic E-state index is 11.2. The smallest absolute Gasteiger partial charge is 0.336 e. The van der Waals surface area contributed by atoms with Crippen molar-refractivity contribution in [2.45, 2.75) is 71.6 Å². The molecule has 14 heteroatoms.